The smallest absolute Gasteiger partial charge is 0.295 e. The molecule has 1 atom stereocenters. The number of ketones is 1. The number of carbonyl (C=O) groups is 2. The van der Waals surface area contributed by atoms with E-state index >= 15 is 0 Å². The fourth-order valence-corrected chi connectivity index (χ4v) is 4.79. The number of Topliss-reactive ketones (excluding diaryl/α,β-unsaturated/α-hetero) is 1. The van der Waals surface area contributed by atoms with Gasteiger partial charge in [-0.15, -0.1) is 0 Å². The zero-order valence-corrected chi connectivity index (χ0v) is 20.9. The maximum atomic E-state index is 13.4. The van der Waals surface area contributed by atoms with Gasteiger partial charge in [-0.25, -0.2) is 0 Å². The number of likely N-dealkylation sites (tertiary alicyclic amines) is 1. The van der Waals surface area contributed by atoms with Crippen LogP contribution in [0.25, 0.3) is 5.76 Å². The normalized spacial score (nSPS) is 17.1. The van der Waals surface area contributed by atoms with E-state index in [0.29, 0.717) is 21.9 Å². The largest absolute Gasteiger partial charge is 0.507 e. The van der Waals surface area contributed by atoms with E-state index in [0.717, 1.165) is 5.56 Å². The van der Waals surface area contributed by atoms with Gasteiger partial charge in [-0.1, -0.05) is 53.5 Å². The number of hydrogen-bond donors (Lipinski definition) is 1. The fraction of sp³-hybridized carbons (Fsp3) is 0.185. The van der Waals surface area contributed by atoms with Gasteiger partial charge >= 0.3 is 0 Å². The number of methoxy groups -OCH3 is 2. The Kier molecular flexibility index (Phi) is 7.05. The first-order chi connectivity index (χ1) is 16.8. The number of aliphatic hydroxyl groups is 1. The average Bonchev–Trinajstić information content (AvgIpc) is 3.09. The second-order valence-corrected chi connectivity index (χ2v) is 8.96. The van der Waals surface area contributed by atoms with Gasteiger partial charge in [-0.2, -0.15) is 0 Å². The van der Waals surface area contributed by atoms with Crippen LogP contribution < -0.4 is 9.47 Å². The molecule has 0 saturated carbocycles. The molecule has 1 aliphatic heterocycles. The van der Waals surface area contributed by atoms with Gasteiger partial charge in [-0.3, -0.25) is 9.59 Å². The lowest BCUT2D eigenvalue weighted by Crippen LogP contribution is -2.29. The van der Waals surface area contributed by atoms with Crippen molar-refractivity contribution in [1.82, 2.24) is 4.90 Å². The SMILES string of the molecule is COc1ccccc1CN1C(=O)C(=O)/C(=C(/O)c2cc(C)cc(Cl)c2OC)C1c1ccc(Cl)cc1. The topological polar surface area (TPSA) is 76.1 Å². The molecular weight excluding hydrogens is 489 g/mol. The van der Waals surface area contributed by atoms with Crippen molar-refractivity contribution in [2.75, 3.05) is 14.2 Å². The Hall–Kier alpha value is -3.48. The summed E-state index contributed by atoms with van der Waals surface area (Å²) in [6.07, 6.45) is 0. The van der Waals surface area contributed by atoms with Crippen molar-refractivity contribution in [3.05, 3.63) is 98.5 Å². The van der Waals surface area contributed by atoms with Crippen molar-refractivity contribution in [3.63, 3.8) is 0 Å². The van der Waals surface area contributed by atoms with Crippen LogP contribution in [-0.2, 0) is 16.1 Å². The second-order valence-electron chi connectivity index (χ2n) is 8.12. The molecule has 1 aliphatic rings. The molecule has 1 fully saturated rings. The Morgan fingerprint density at radius 2 is 1.69 bits per heavy atom. The van der Waals surface area contributed by atoms with Crippen LogP contribution in [0.3, 0.4) is 0 Å². The lowest BCUT2D eigenvalue weighted by atomic mass is 9.94. The quantitative estimate of drug-likeness (QED) is 0.251. The molecule has 1 N–H and O–H groups in total. The maximum absolute atomic E-state index is 13.4. The highest BCUT2D eigenvalue weighted by atomic mass is 35.5. The third-order valence-corrected chi connectivity index (χ3v) is 6.44. The van der Waals surface area contributed by atoms with Crippen LogP contribution in [0.2, 0.25) is 10.0 Å². The first kappa shape index (κ1) is 24.6. The Labute approximate surface area is 213 Å². The van der Waals surface area contributed by atoms with E-state index in [9.17, 15) is 14.7 Å². The molecule has 8 heteroatoms. The van der Waals surface area contributed by atoms with Crippen LogP contribution in [0.5, 0.6) is 11.5 Å². The summed E-state index contributed by atoms with van der Waals surface area (Å²) in [6.45, 7) is 1.89. The minimum atomic E-state index is -0.874. The summed E-state index contributed by atoms with van der Waals surface area (Å²) in [4.78, 5) is 28.1. The van der Waals surface area contributed by atoms with Crippen molar-refractivity contribution in [2.45, 2.75) is 19.5 Å². The lowest BCUT2D eigenvalue weighted by Gasteiger charge is -2.26. The van der Waals surface area contributed by atoms with Gasteiger partial charge in [0.1, 0.15) is 17.3 Å². The molecule has 0 aromatic heterocycles. The summed E-state index contributed by atoms with van der Waals surface area (Å²) < 4.78 is 10.9. The molecule has 0 aliphatic carbocycles. The standard InChI is InChI=1S/C27H23Cl2NO5/c1-15-12-19(26(35-3)20(29)13-15)24(31)22-23(16-8-10-18(28)11-9-16)30(27(33)25(22)32)14-17-6-4-5-7-21(17)34-2/h4-13,23,31H,14H2,1-3H3/b24-22+. The third kappa shape index (κ3) is 4.59. The van der Waals surface area contributed by atoms with Crippen LogP contribution in [0.4, 0.5) is 0 Å². The minimum Gasteiger partial charge on any atom is -0.507 e. The van der Waals surface area contributed by atoms with Crippen LogP contribution >= 0.6 is 23.2 Å². The third-order valence-electron chi connectivity index (χ3n) is 5.91. The molecule has 3 aromatic carbocycles. The van der Waals surface area contributed by atoms with E-state index in [1.165, 1.54) is 19.1 Å². The number of para-hydroxylation sites is 1. The highest BCUT2D eigenvalue weighted by Crippen LogP contribution is 2.43. The average molecular weight is 512 g/mol. The number of aryl methyl sites for hydroxylation is 1. The van der Waals surface area contributed by atoms with Crippen molar-refractivity contribution in [3.8, 4) is 11.5 Å². The Balaban J connectivity index is 1.93. The van der Waals surface area contributed by atoms with Crippen LogP contribution in [0.15, 0.2) is 66.2 Å². The molecular formula is C27H23Cl2NO5. The van der Waals surface area contributed by atoms with Gasteiger partial charge in [0, 0.05) is 10.6 Å². The van der Waals surface area contributed by atoms with Gasteiger partial charge in [0.2, 0.25) is 0 Å². The highest BCUT2D eigenvalue weighted by Gasteiger charge is 2.46. The molecule has 3 aromatic rings. The van der Waals surface area contributed by atoms with Gasteiger partial charge in [0.25, 0.3) is 11.7 Å². The van der Waals surface area contributed by atoms with E-state index in [-0.39, 0.29) is 34.2 Å². The summed E-state index contributed by atoms with van der Waals surface area (Å²) in [5.74, 6) is -1.13. The van der Waals surface area contributed by atoms with Crippen LogP contribution in [-0.4, -0.2) is 35.9 Å². The van der Waals surface area contributed by atoms with Crippen LogP contribution in [0, 0.1) is 6.92 Å². The van der Waals surface area contributed by atoms with Gasteiger partial charge < -0.3 is 19.5 Å². The number of rotatable bonds is 6. The molecule has 1 amide bonds. The number of ether oxygens (including phenoxy) is 2. The molecule has 35 heavy (non-hydrogen) atoms. The molecule has 1 saturated heterocycles. The number of halogens is 2. The van der Waals surface area contributed by atoms with E-state index in [4.69, 9.17) is 32.7 Å². The first-order valence-electron chi connectivity index (χ1n) is 10.8. The molecule has 0 radical (unpaired) electrons. The molecule has 0 spiro atoms. The summed E-state index contributed by atoms with van der Waals surface area (Å²) in [7, 11) is 2.96. The Morgan fingerprint density at radius 1 is 1.00 bits per heavy atom. The van der Waals surface area contributed by atoms with Crippen molar-refractivity contribution >= 4 is 40.7 Å². The summed E-state index contributed by atoms with van der Waals surface area (Å²) in [5.41, 5.74) is 2.25. The van der Waals surface area contributed by atoms with Crippen LogP contribution in [0.1, 0.15) is 28.3 Å². The zero-order valence-electron chi connectivity index (χ0n) is 19.3. The van der Waals surface area contributed by atoms with Crippen molar-refractivity contribution in [2.24, 2.45) is 0 Å². The number of carbonyl (C=O) groups excluding carboxylic acids is 2. The van der Waals surface area contributed by atoms with Gasteiger partial charge in [0.15, 0.2) is 0 Å². The van der Waals surface area contributed by atoms with E-state index < -0.39 is 17.7 Å². The summed E-state index contributed by atoms with van der Waals surface area (Å²) in [6, 6.07) is 16.5. The van der Waals surface area contributed by atoms with Gasteiger partial charge in [0.05, 0.1) is 43.0 Å². The zero-order chi connectivity index (χ0) is 25.3. The number of amides is 1. The van der Waals surface area contributed by atoms with Crippen molar-refractivity contribution in [1.29, 1.82) is 0 Å². The van der Waals surface area contributed by atoms with Crippen molar-refractivity contribution < 1.29 is 24.2 Å². The Bertz CT molecular complexity index is 1330. The minimum absolute atomic E-state index is 0.0628. The lowest BCUT2D eigenvalue weighted by molar-refractivity contribution is -0.140. The molecule has 1 unspecified atom stereocenters. The van der Waals surface area contributed by atoms with Gasteiger partial charge in [-0.05, 0) is 48.4 Å². The maximum Gasteiger partial charge on any atom is 0.295 e. The first-order valence-corrected chi connectivity index (χ1v) is 11.5. The van der Waals surface area contributed by atoms with E-state index in [2.05, 4.69) is 0 Å². The number of benzene rings is 3. The van der Waals surface area contributed by atoms with E-state index in [1.807, 2.05) is 18.2 Å². The van der Waals surface area contributed by atoms with E-state index in [1.54, 1.807) is 49.4 Å². The molecule has 6 nitrogen and oxygen atoms in total. The predicted octanol–water partition coefficient (Wildman–Crippen LogP) is 5.94. The second kappa shape index (κ2) is 10.0. The molecule has 180 valence electrons. The number of hydrogen-bond acceptors (Lipinski definition) is 5. The number of aliphatic hydroxyl groups excluding tert-OH is 1. The molecule has 0 bridgehead atoms. The monoisotopic (exact) mass is 511 g/mol. The fourth-order valence-electron chi connectivity index (χ4n) is 4.31. The molecule has 4 rings (SSSR count). The summed E-state index contributed by atoms with van der Waals surface area (Å²) in [5, 5.41) is 12.2. The molecule has 1 heterocycles. The Morgan fingerprint density at radius 3 is 2.34 bits per heavy atom. The predicted molar refractivity (Wildman–Crippen MR) is 135 cm³/mol. The summed E-state index contributed by atoms with van der Waals surface area (Å²) >= 11 is 12.4. The number of nitrogens with zero attached hydrogens (tertiary/aromatic N) is 1. The highest BCUT2D eigenvalue weighted by molar-refractivity contribution is 6.46.